The second-order valence-corrected chi connectivity index (χ2v) is 6.45. The van der Waals surface area contributed by atoms with E-state index in [0.717, 1.165) is 32.5 Å². The van der Waals surface area contributed by atoms with Crippen LogP contribution in [0.4, 0.5) is 4.79 Å². The van der Waals surface area contributed by atoms with Gasteiger partial charge in [0.25, 0.3) is 0 Å². The van der Waals surface area contributed by atoms with Crippen LogP contribution in [-0.4, -0.2) is 57.3 Å². The van der Waals surface area contributed by atoms with E-state index in [1.165, 1.54) is 0 Å². The summed E-state index contributed by atoms with van der Waals surface area (Å²) in [5.41, 5.74) is -0.452. The maximum absolute atomic E-state index is 11.5. The maximum Gasteiger partial charge on any atom is 0.407 e. The molecule has 1 rings (SSSR count). The average molecular weight is 302 g/mol. The summed E-state index contributed by atoms with van der Waals surface area (Å²) in [4.78, 5) is 11.5. The zero-order valence-corrected chi connectivity index (χ0v) is 13.7. The highest BCUT2D eigenvalue weighted by Gasteiger charge is 2.20. The molecule has 2 N–H and O–H groups in total. The van der Waals surface area contributed by atoms with Gasteiger partial charge in [-0.1, -0.05) is 0 Å². The van der Waals surface area contributed by atoms with Crippen LogP contribution >= 0.6 is 0 Å². The first-order valence-corrected chi connectivity index (χ1v) is 7.70. The fourth-order valence-electron chi connectivity index (χ4n) is 2.27. The highest BCUT2D eigenvalue weighted by molar-refractivity contribution is 5.67. The number of rotatable bonds is 8. The summed E-state index contributed by atoms with van der Waals surface area (Å²) in [6, 6.07) is 0.714. The fraction of sp³-hybridized carbons (Fsp3) is 0.933. The summed E-state index contributed by atoms with van der Waals surface area (Å²) >= 11 is 0. The molecular formula is C15H30N2O4. The zero-order chi connectivity index (χ0) is 15.7. The molecule has 1 amide bonds. The van der Waals surface area contributed by atoms with E-state index < -0.39 is 5.60 Å². The minimum absolute atomic E-state index is 0.294. The van der Waals surface area contributed by atoms with Crippen molar-refractivity contribution in [3.05, 3.63) is 0 Å². The molecule has 0 radical (unpaired) electrons. The van der Waals surface area contributed by atoms with Crippen molar-refractivity contribution >= 4 is 6.09 Å². The molecule has 1 heterocycles. The molecule has 0 saturated carbocycles. The quantitative estimate of drug-likeness (QED) is 0.668. The van der Waals surface area contributed by atoms with E-state index in [9.17, 15) is 4.79 Å². The number of ether oxygens (including phenoxy) is 3. The first-order valence-electron chi connectivity index (χ1n) is 7.70. The van der Waals surface area contributed by atoms with Gasteiger partial charge in [-0.2, -0.15) is 0 Å². The van der Waals surface area contributed by atoms with Gasteiger partial charge in [0.1, 0.15) is 5.60 Å². The molecule has 6 heteroatoms. The van der Waals surface area contributed by atoms with Gasteiger partial charge in [0, 0.05) is 32.3 Å². The van der Waals surface area contributed by atoms with E-state index in [1.807, 2.05) is 20.8 Å². The van der Waals surface area contributed by atoms with Crippen molar-refractivity contribution in [3.8, 4) is 0 Å². The van der Waals surface area contributed by atoms with E-state index in [0.29, 0.717) is 25.2 Å². The normalized spacial score (nSPS) is 20.3. The molecular weight excluding hydrogens is 272 g/mol. The van der Waals surface area contributed by atoms with Gasteiger partial charge in [0.15, 0.2) is 0 Å². The minimum atomic E-state index is -0.452. The van der Waals surface area contributed by atoms with Gasteiger partial charge >= 0.3 is 6.09 Å². The van der Waals surface area contributed by atoms with Gasteiger partial charge in [-0.3, -0.25) is 0 Å². The molecule has 0 aliphatic carbocycles. The van der Waals surface area contributed by atoms with Crippen molar-refractivity contribution in [2.45, 2.75) is 57.7 Å². The molecule has 1 aliphatic heterocycles. The standard InChI is InChI=1S/C15H30N2O4/c1-15(2,3)21-14(18)16-8-5-6-12(10-19-4)17-13-7-9-20-11-13/h12-13,17H,5-11H2,1-4H3,(H,16,18). The van der Waals surface area contributed by atoms with E-state index in [2.05, 4.69) is 10.6 Å². The smallest absolute Gasteiger partial charge is 0.407 e. The Morgan fingerprint density at radius 3 is 2.76 bits per heavy atom. The van der Waals surface area contributed by atoms with Crippen molar-refractivity contribution in [1.82, 2.24) is 10.6 Å². The number of carbonyl (C=O) groups excluding carboxylic acids is 1. The maximum atomic E-state index is 11.5. The van der Waals surface area contributed by atoms with Crippen LogP contribution in [0.25, 0.3) is 0 Å². The number of amides is 1. The number of nitrogens with one attached hydrogen (secondary N) is 2. The Morgan fingerprint density at radius 1 is 1.43 bits per heavy atom. The predicted octanol–water partition coefficient (Wildman–Crippen LogP) is 1.68. The molecule has 2 atom stereocenters. The van der Waals surface area contributed by atoms with Crippen LogP contribution in [0.3, 0.4) is 0 Å². The summed E-state index contributed by atoms with van der Waals surface area (Å²) in [6.07, 6.45) is 2.52. The van der Waals surface area contributed by atoms with Crippen molar-refractivity contribution in [2.75, 3.05) is 33.5 Å². The lowest BCUT2D eigenvalue weighted by molar-refractivity contribution is 0.0526. The van der Waals surface area contributed by atoms with Gasteiger partial charge in [-0.15, -0.1) is 0 Å². The van der Waals surface area contributed by atoms with Crippen LogP contribution in [0.1, 0.15) is 40.0 Å². The molecule has 1 saturated heterocycles. The third kappa shape index (κ3) is 8.90. The van der Waals surface area contributed by atoms with E-state index in [4.69, 9.17) is 14.2 Å². The van der Waals surface area contributed by atoms with Gasteiger partial charge < -0.3 is 24.8 Å². The molecule has 0 spiro atoms. The van der Waals surface area contributed by atoms with E-state index >= 15 is 0 Å². The highest BCUT2D eigenvalue weighted by atomic mass is 16.6. The summed E-state index contributed by atoms with van der Waals surface area (Å²) in [6.45, 7) is 8.45. The van der Waals surface area contributed by atoms with Crippen LogP contribution in [0.15, 0.2) is 0 Å². The summed E-state index contributed by atoms with van der Waals surface area (Å²) in [5, 5.41) is 6.33. The van der Waals surface area contributed by atoms with Crippen molar-refractivity contribution in [2.24, 2.45) is 0 Å². The Hall–Kier alpha value is -0.850. The topological polar surface area (TPSA) is 68.8 Å². The van der Waals surface area contributed by atoms with Crippen LogP contribution in [0.5, 0.6) is 0 Å². The number of alkyl carbamates (subject to hydrolysis) is 1. The molecule has 0 aromatic rings. The molecule has 2 unspecified atom stereocenters. The first kappa shape index (κ1) is 18.2. The molecule has 1 fully saturated rings. The van der Waals surface area contributed by atoms with E-state index in [-0.39, 0.29) is 6.09 Å². The number of hydrogen-bond donors (Lipinski definition) is 2. The van der Waals surface area contributed by atoms with E-state index in [1.54, 1.807) is 7.11 Å². The van der Waals surface area contributed by atoms with Gasteiger partial charge in [-0.25, -0.2) is 4.79 Å². The minimum Gasteiger partial charge on any atom is -0.444 e. The third-order valence-corrected chi connectivity index (χ3v) is 3.17. The van der Waals surface area contributed by atoms with Gasteiger partial charge in [0.2, 0.25) is 0 Å². The largest absolute Gasteiger partial charge is 0.444 e. The Bertz CT molecular complexity index is 299. The average Bonchev–Trinajstić information content (AvgIpc) is 2.85. The first-order chi connectivity index (χ1) is 9.90. The Morgan fingerprint density at radius 2 is 2.19 bits per heavy atom. The highest BCUT2D eigenvalue weighted by Crippen LogP contribution is 2.08. The summed E-state index contributed by atoms with van der Waals surface area (Å²) in [5.74, 6) is 0. The lowest BCUT2D eigenvalue weighted by Gasteiger charge is -2.22. The number of carbonyl (C=O) groups is 1. The van der Waals surface area contributed by atoms with Gasteiger partial charge in [-0.05, 0) is 40.0 Å². The third-order valence-electron chi connectivity index (χ3n) is 3.17. The second kappa shape index (κ2) is 9.23. The fourth-order valence-corrected chi connectivity index (χ4v) is 2.27. The zero-order valence-electron chi connectivity index (χ0n) is 13.7. The lowest BCUT2D eigenvalue weighted by Crippen LogP contribution is -2.42. The molecule has 0 aromatic carbocycles. The molecule has 124 valence electrons. The molecule has 0 aromatic heterocycles. The summed E-state index contributed by atoms with van der Waals surface area (Å²) < 4.78 is 15.8. The molecule has 1 aliphatic rings. The van der Waals surface area contributed by atoms with Crippen LogP contribution in [0.2, 0.25) is 0 Å². The SMILES string of the molecule is COCC(CCCNC(=O)OC(C)(C)C)NC1CCOC1. The monoisotopic (exact) mass is 302 g/mol. The van der Waals surface area contributed by atoms with Crippen LogP contribution < -0.4 is 10.6 Å². The number of hydrogen-bond acceptors (Lipinski definition) is 5. The number of methoxy groups -OCH3 is 1. The molecule has 0 bridgehead atoms. The summed E-state index contributed by atoms with van der Waals surface area (Å²) in [7, 11) is 1.71. The van der Waals surface area contributed by atoms with Crippen molar-refractivity contribution < 1.29 is 19.0 Å². The van der Waals surface area contributed by atoms with Crippen LogP contribution in [-0.2, 0) is 14.2 Å². The van der Waals surface area contributed by atoms with Gasteiger partial charge in [0.05, 0.1) is 13.2 Å². The predicted molar refractivity (Wildman–Crippen MR) is 81.5 cm³/mol. The van der Waals surface area contributed by atoms with Crippen molar-refractivity contribution in [1.29, 1.82) is 0 Å². The molecule has 21 heavy (non-hydrogen) atoms. The van der Waals surface area contributed by atoms with Crippen molar-refractivity contribution in [3.63, 3.8) is 0 Å². The lowest BCUT2D eigenvalue weighted by atomic mass is 10.1. The molecule has 6 nitrogen and oxygen atoms in total. The Labute approximate surface area is 127 Å². The Balaban J connectivity index is 2.16. The second-order valence-electron chi connectivity index (χ2n) is 6.45. The van der Waals surface area contributed by atoms with Crippen LogP contribution in [0, 0.1) is 0 Å². The Kier molecular flexibility index (Phi) is 8.00.